The predicted octanol–water partition coefficient (Wildman–Crippen LogP) is -0.794. The highest BCUT2D eigenvalue weighted by Gasteiger charge is 2.25. The summed E-state index contributed by atoms with van der Waals surface area (Å²) in [4.78, 5) is 25.2. The molecule has 0 amide bonds. The maximum absolute atomic E-state index is 8.38. The first-order valence-electron chi connectivity index (χ1n) is 2.60. The highest BCUT2D eigenvalue weighted by Crippen LogP contribution is 2.02. The van der Waals surface area contributed by atoms with Crippen molar-refractivity contribution in [1.29, 1.82) is 5.26 Å². The van der Waals surface area contributed by atoms with Crippen LogP contribution in [0.2, 0.25) is 6.04 Å². The van der Waals surface area contributed by atoms with Crippen molar-refractivity contribution in [2.24, 2.45) is 0 Å². The van der Waals surface area contributed by atoms with Gasteiger partial charge < -0.3 is 14.4 Å². The van der Waals surface area contributed by atoms with Gasteiger partial charge in [-0.1, -0.05) is 0 Å². The zero-order valence-electron chi connectivity index (χ0n) is 4.91. The lowest BCUT2D eigenvalue weighted by atomic mass is 10.4. The average molecular weight is 147 g/mol. The fraction of sp³-hybridized carbons (Fsp3) is 0.750. The van der Waals surface area contributed by atoms with Gasteiger partial charge in [-0.25, -0.2) is 0 Å². The molecule has 4 nitrogen and oxygen atoms in total. The summed E-state index contributed by atoms with van der Waals surface area (Å²) >= 11 is 0. The minimum atomic E-state index is -3.85. The van der Waals surface area contributed by atoms with E-state index in [1.807, 2.05) is 6.07 Å². The van der Waals surface area contributed by atoms with Gasteiger partial charge in [0.15, 0.2) is 0 Å². The Hall–Kier alpha value is -0.413. The molecule has 0 aromatic carbocycles. The Morgan fingerprint density at radius 1 is 1.33 bits per heavy atom. The summed E-state index contributed by atoms with van der Waals surface area (Å²) in [5.74, 6) is 0. The molecule has 0 heterocycles. The molecule has 0 rings (SSSR count). The maximum Gasteiger partial charge on any atom is 0.492 e. The van der Waals surface area contributed by atoms with Crippen molar-refractivity contribution >= 4 is 8.80 Å². The number of hydrogen-bond donors (Lipinski definition) is 3. The van der Waals surface area contributed by atoms with Crippen LogP contribution in [0.15, 0.2) is 0 Å². The Morgan fingerprint density at radius 3 is 2.22 bits per heavy atom. The second-order valence-electron chi connectivity index (χ2n) is 1.79. The monoisotopic (exact) mass is 147 g/mol. The first-order chi connectivity index (χ1) is 4.06. The predicted molar refractivity (Wildman–Crippen MR) is 32.1 cm³/mol. The molecule has 0 aliphatic carbocycles. The summed E-state index contributed by atoms with van der Waals surface area (Å²) in [5.41, 5.74) is 0. The number of unbranched alkanes of at least 4 members (excludes halogenated alkanes) is 1. The molecule has 0 unspecified atom stereocenters. The van der Waals surface area contributed by atoms with Gasteiger partial charge in [0.05, 0.1) is 6.07 Å². The highest BCUT2D eigenvalue weighted by molar-refractivity contribution is 6.56. The second-order valence-corrected chi connectivity index (χ2v) is 3.83. The number of hydrogen-bond acceptors (Lipinski definition) is 4. The van der Waals surface area contributed by atoms with Crippen molar-refractivity contribution in [3.05, 3.63) is 0 Å². The third-order valence-electron chi connectivity index (χ3n) is 0.801. The van der Waals surface area contributed by atoms with Gasteiger partial charge in [-0.3, -0.25) is 0 Å². The van der Waals surface area contributed by atoms with Crippen molar-refractivity contribution in [2.75, 3.05) is 0 Å². The van der Waals surface area contributed by atoms with Gasteiger partial charge in [0.1, 0.15) is 0 Å². The minimum absolute atomic E-state index is 0.0411. The third kappa shape index (κ3) is 7.59. The van der Waals surface area contributed by atoms with Gasteiger partial charge in [0.2, 0.25) is 0 Å². The molecule has 0 saturated heterocycles. The van der Waals surface area contributed by atoms with Crippen LogP contribution in [0.25, 0.3) is 0 Å². The van der Waals surface area contributed by atoms with Gasteiger partial charge >= 0.3 is 8.80 Å². The van der Waals surface area contributed by atoms with Crippen LogP contribution in [0.5, 0.6) is 0 Å². The van der Waals surface area contributed by atoms with Gasteiger partial charge in [-0.2, -0.15) is 5.26 Å². The molecule has 0 saturated carbocycles. The Labute approximate surface area is 54.4 Å². The van der Waals surface area contributed by atoms with Crippen LogP contribution in [-0.4, -0.2) is 23.2 Å². The maximum atomic E-state index is 8.38. The number of nitrogens with zero attached hydrogens (tertiary/aromatic N) is 1. The van der Waals surface area contributed by atoms with Crippen LogP contribution in [0, 0.1) is 11.3 Å². The molecule has 0 fully saturated rings. The van der Waals surface area contributed by atoms with E-state index >= 15 is 0 Å². The topological polar surface area (TPSA) is 84.5 Å². The lowest BCUT2D eigenvalue weighted by Crippen LogP contribution is -2.33. The summed E-state index contributed by atoms with van der Waals surface area (Å²) in [6.45, 7) is 0. The van der Waals surface area contributed by atoms with Crippen molar-refractivity contribution < 1.29 is 14.4 Å². The molecule has 52 valence electrons. The van der Waals surface area contributed by atoms with E-state index in [4.69, 9.17) is 19.6 Å². The average Bonchev–Trinajstić information content (AvgIpc) is 1.63. The van der Waals surface area contributed by atoms with E-state index in [1.54, 1.807) is 0 Å². The van der Waals surface area contributed by atoms with E-state index in [0.717, 1.165) is 0 Å². The number of nitriles is 1. The molecule has 0 aliphatic heterocycles. The largest absolute Gasteiger partial charge is 0.492 e. The molecule has 5 heteroatoms. The van der Waals surface area contributed by atoms with Gasteiger partial charge in [-0.05, 0) is 6.42 Å². The van der Waals surface area contributed by atoms with Crippen molar-refractivity contribution in [1.82, 2.24) is 0 Å². The zero-order valence-corrected chi connectivity index (χ0v) is 5.91. The zero-order chi connectivity index (χ0) is 7.33. The molecule has 0 aliphatic rings. The van der Waals surface area contributed by atoms with Crippen molar-refractivity contribution in [2.45, 2.75) is 18.9 Å². The Bertz CT molecular complexity index is 114. The smallest absolute Gasteiger partial charge is 0.390 e. The first-order valence-corrected chi connectivity index (χ1v) is 4.65. The van der Waals surface area contributed by atoms with E-state index in [1.165, 1.54) is 0 Å². The summed E-state index contributed by atoms with van der Waals surface area (Å²) < 4.78 is 0. The van der Waals surface area contributed by atoms with E-state index in [9.17, 15) is 0 Å². The van der Waals surface area contributed by atoms with Gasteiger partial charge in [-0.15, -0.1) is 0 Å². The van der Waals surface area contributed by atoms with Crippen molar-refractivity contribution in [3.8, 4) is 6.07 Å². The molecule has 0 atom stereocenters. The summed E-state index contributed by atoms with van der Waals surface area (Å²) in [6.07, 6.45) is 0.614. The molecule has 0 aromatic rings. The molecule has 0 spiro atoms. The van der Waals surface area contributed by atoms with Crippen LogP contribution < -0.4 is 0 Å². The summed E-state index contributed by atoms with van der Waals surface area (Å²) in [5, 5.41) is 7.98. The fourth-order valence-corrected chi connectivity index (χ4v) is 1.06. The minimum Gasteiger partial charge on any atom is -0.390 e. The Kier molecular flexibility index (Phi) is 3.42. The second kappa shape index (κ2) is 3.58. The van der Waals surface area contributed by atoms with Crippen LogP contribution in [0.1, 0.15) is 12.8 Å². The van der Waals surface area contributed by atoms with Gasteiger partial charge in [0, 0.05) is 12.5 Å². The van der Waals surface area contributed by atoms with Crippen LogP contribution >= 0.6 is 0 Å². The Morgan fingerprint density at radius 2 is 1.89 bits per heavy atom. The molecule has 9 heavy (non-hydrogen) atoms. The SMILES string of the molecule is N#CCCC[Si](O)(O)O. The molecule has 3 N–H and O–H groups in total. The summed E-state index contributed by atoms with van der Waals surface area (Å²) in [6, 6.07) is 1.79. The lowest BCUT2D eigenvalue weighted by molar-refractivity contribution is 0.227. The van der Waals surface area contributed by atoms with E-state index < -0.39 is 8.80 Å². The summed E-state index contributed by atoms with van der Waals surface area (Å²) in [7, 11) is -3.85. The lowest BCUT2D eigenvalue weighted by Gasteiger charge is -2.05. The quantitative estimate of drug-likeness (QED) is 0.360. The number of rotatable bonds is 3. The van der Waals surface area contributed by atoms with Crippen LogP contribution in [-0.2, 0) is 0 Å². The fourth-order valence-electron chi connectivity index (χ4n) is 0.405. The molecular weight excluding hydrogens is 138 g/mol. The molecular formula is C4H9NO3Si. The van der Waals surface area contributed by atoms with Crippen LogP contribution in [0.3, 0.4) is 0 Å². The van der Waals surface area contributed by atoms with Gasteiger partial charge in [0.25, 0.3) is 0 Å². The van der Waals surface area contributed by atoms with Crippen molar-refractivity contribution in [3.63, 3.8) is 0 Å². The highest BCUT2D eigenvalue weighted by atomic mass is 28.4. The van der Waals surface area contributed by atoms with E-state index in [-0.39, 0.29) is 12.5 Å². The molecule has 0 bridgehead atoms. The molecule has 0 radical (unpaired) electrons. The van der Waals surface area contributed by atoms with E-state index in [2.05, 4.69) is 0 Å². The molecule has 0 aromatic heterocycles. The first kappa shape index (κ1) is 8.59. The standard InChI is InChI=1S/C4H9NO3Si/c5-3-1-2-4-9(6,7)8/h6-8H,1-2,4H2. The normalized spacial score (nSPS) is 10.9. The van der Waals surface area contributed by atoms with E-state index in [0.29, 0.717) is 6.42 Å². The Balaban J connectivity index is 3.20. The van der Waals surface area contributed by atoms with Crippen LogP contribution in [0.4, 0.5) is 0 Å². The third-order valence-corrected chi connectivity index (χ3v) is 1.83.